The number of nitrogens with one attached hydrogen (secondary N) is 1. The molecule has 2 heterocycles. The number of halogens is 6. The van der Waals surface area contributed by atoms with Crippen LogP contribution < -0.4 is 5.32 Å². The Balaban J connectivity index is 1.62. The number of pyridine rings is 1. The second kappa shape index (κ2) is 8.68. The first kappa shape index (κ1) is 24.2. The van der Waals surface area contributed by atoms with Crippen molar-refractivity contribution in [1.29, 1.82) is 5.26 Å². The second-order valence-corrected chi connectivity index (χ2v) is 8.02. The predicted octanol–water partition coefficient (Wildman–Crippen LogP) is 4.94. The molecule has 4 rings (SSSR count). The monoisotopic (exact) mass is 494 g/mol. The summed E-state index contributed by atoms with van der Waals surface area (Å²) in [5.74, 6) is -0.0219. The van der Waals surface area contributed by atoms with Crippen LogP contribution in [-0.2, 0) is 12.4 Å². The lowest BCUT2D eigenvalue weighted by Gasteiger charge is -2.15. The first-order valence-electron chi connectivity index (χ1n) is 10.3. The molecule has 0 radical (unpaired) electrons. The molecule has 1 fully saturated rings. The van der Waals surface area contributed by atoms with Gasteiger partial charge in [0.05, 0.1) is 22.7 Å². The third-order valence-electron chi connectivity index (χ3n) is 5.27. The Morgan fingerprint density at radius 3 is 2.23 bits per heavy atom. The molecule has 7 nitrogen and oxygen atoms in total. The highest BCUT2D eigenvalue weighted by molar-refractivity contribution is 5.94. The molecule has 1 saturated carbocycles. The summed E-state index contributed by atoms with van der Waals surface area (Å²) >= 11 is 0. The summed E-state index contributed by atoms with van der Waals surface area (Å²) < 4.78 is 80.2. The van der Waals surface area contributed by atoms with E-state index >= 15 is 0 Å². The maximum Gasteiger partial charge on any atom is 0.416 e. The lowest BCUT2D eigenvalue weighted by atomic mass is 10.0. The van der Waals surface area contributed by atoms with Crippen molar-refractivity contribution < 1.29 is 31.1 Å². The summed E-state index contributed by atoms with van der Waals surface area (Å²) in [6.45, 7) is 1.46. The molecule has 1 atom stereocenters. The molecule has 35 heavy (non-hydrogen) atoms. The fourth-order valence-electron chi connectivity index (χ4n) is 3.31. The van der Waals surface area contributed by atoms with Crippen LogP contribution in [0.5, 0.6) is 0 Å². The van der Waals surface area contributed by atoms with Gasteiger partial charge in [0.25, 0.3) is 5.91 Å². The number of aromatic nitrogens is 4. The van der Waals surface area contributed by atoms with Gasteiger partial charge in [0.2, 0.25) is 0 Å². The molecule has 13 heteroatoms. The lowest BCUT2D eigenvalue weighted by molar-refractivity contribution is -0.143. The van der Waals surface area contributed by atoms with Gasteiger partial charge in [-0.15, -0.1) is 5.10 Å². The third-order valence-corrected chi connectivity index (χ3v) is 5.27. The first-order valence-corrected chi connectivity index (χ1v) is 10.3. The smallest absolute Gasteiger partial charge is 0.342 e. The fraction of sp³-hybridized carbons (Fsp3) is 0.318. The van der Waals surface area contributed by atoms with Crippen LogP contribution in [0, 0.1) is 11.3 Å². The summed E-state index contributed by atoms with van der Waals surface area (Å²) in [7, 11) is 0. The molecule has 2 aromatic heterocycles. The maximum absolute atomic E-state index is 13.1. The van der Waals surface area contributed by atoms with Gasteiger partial charge < -0.3 is 5.32 Å². The van der Waals surface area contributed by atoms with E-state index in [1.54, 1.807) is 6.07 Å². The van der Waals surface area contributed by atoms with E-state index in [4.69, 9.17) is 5.26 Å². The largest absolute Gasteiger partial charge is 0.416 e. The van der Waals surface area contributed by atoms with Crippen LogP contribution in [0.1, 0.15) is 70.4 Å². The SMILES string of the molecule is CC(NC(=O)c1cc(C(F)(F)F)cc(C(F)(F)F)c1)c1nc(C2CC2)n(-c2ccc(C#N)cn2)n1. The Kier molecular flexibility index (Phi) is 6.00. The summed E-state index contributed by atoms with van der Waals surface area (Å²) in [5.41, 5.74) is -3.64. The third kappa shape index (κ3) is 5.26. The molecule has 1 aliphatic rings. The van der Waals surface area contributed by atoms with E-state index in [0.717, 1.165) is 12.8 Å². The van der Waals surface area contributed by atoms with E-state index < -0.39 is 41.0 Å². The zero-order valence-electron chi connectivity index (χ0n) is 17.9. The number of hydrogen-bond donors (Lipinski definition) is 1. The van der Waals surface area contributed by atoms with E-state index in [-0.39, 0.29) is 17.8 Å². The molecule has 1 unspecified atom stereocenters. The van der Waals surface area contributed by atoms with Gasteiger partial charge in [-0.1, -0.05) is 0 Å². The van der Waals surface area contributed by atoms with E-state index in [1.165, 1.54) is 23.9 Å². The molecule has 0 bridgehead atoms. The lowest BCUT2D eigenvalue weighted by Crippen LogP contribution is -2.28. The van der Waals surface area contributed by atoms with Crippen molar-refractivity contribution in [2.45, 2.75) is 44.1 Å². The molecule has 1 aromatic carbocycles. The standard InChI is InChI=1S/C22H16F6N6O/c1-11(31-20(35)14-6-15(21(23,24)25)8-16(7-14)22(26,27)28)18-32-19(13-3-4-13)34(33-18)17-5-2-12(9-29)10-30-17/h2,5-8,10-11,13H,3-4H2,1H3,(H,31,35). The van der Waals surface area contributed by atoms with Crippen molar-refractivity contribution in [2.24, 2.45) is 0 Å². The minimum atomic E-state index is -5.07. The van der Waals surface area contributed by atoms with Crippen molar-refractivity contribution in [2.75, 3.05) is 0 Å². The maximum atomic E-state index is 13.1. The van der Waals surface area contributed by atoms with Gasteiger partial charge in [0, 0.05) is 17.7 Å². The molecular weight excluding hydrogens is 478 g/mol. The number of alkyl halides is 6. The number of nitriles is 1. The Hall–Kier alpha value is -3.95. The highest BCUT2D eigenvalue weighted by Crippen LogP contribution is 2.40. The molecule has 0 saturated heterocycles. The highest BCUT2D eigenvalue weighted by atomic mass is 19.4. The fourth-order valence-corrected chi connectivity index (χ4v) is 3.31. The number of carbonyl (C=O) groups is 1. The Bertz CT molecular complexity index is 1270. The van der Waals surface area contributed by atoms with Crippen molar-refractivity contribution in [3.8, 4) is 11.9 Å². The molecule has 0 spiro atoms. The summed E-state index contributed by atoms with van der Waals surface area (Å²) in [6, 6.07) is 4.78. The van der Waals surface area contributed by atoms with Crippen LogP contribution in [0.25, 0.3) is 5.82 Å². The van der Waals surface area contributed by atoms with Crippen LogP contribution in [0.3, 0.4) is 0 Å². The van der Waals surface area contributed by atoms with Crippen LogP contribution in [0.4, 0.5) is 26.3 Å². The van der Waals surface area contributed by atoms with Crippen molar-refractivity contribution >= 4 is 5.91 Å². The second-order valence-electron chi connectivity index (χ2n) is 8.02. The molecule has 1 N–H and O–H groups in total. The zero-order chi connectivity index (χ0) is 25.5. The van der Waals surface area contributed by atoms with E-state index in [1.807, 2.05) is 6.07 Å². The summed E-state index contributed by atoms with van der Waals surface area (Å²) in [5, 5.41) is 15.6. The Morgan fingerprint density at radius 1 is 1.11 bits per heavy atom. The average molecular weight is 494 g/mol. The van der Waals surface area contributed by atoms with E-state index in [9.17, 15) is 31.1 Å². The minimum absolute atomic E-state index is 0.0457. The van der Waals surface area contributed by atoms with Gasteiger partial charge in [0.15, 0.2) is 11.6 Å². The molecule has 3 aromatic rings. The Morgan fingerprint density at radius 2 is 1.74 bits per heavy atom. The molecule has 1 aliphatic carbocycles. The summed E-state index contributed by atoms with van der Waals surface area (Å²) in [6.07, 6.45) is -7.10. The van der Waals surface area contributed by atoms with Crippen molar-refractivity contribution in [3.63, 3.8) is 0 Å². The number of benzene rings is 1. The van der Waals surface area contributed by atoms with Gasteiger partial charge in [-0.05, 0) is 50.1 Å². The summed E-state index contributed by atoms with van der Waals surface area (Å²) in [4.78, 5) is 21.2. The van der Waals surface area contributed by atoms with Gasteiger partial charge >= 0.3 is 12.4 Å². The zero-order valence-corrected chi connectivity index (χ0v) is 17.9. The predicted molar refractivity (Wildman–Crippen MR) is 108 cm³/mol. The topological polar surface area (TPSA) is 96.5 Å². The van der Waals surface area contributed by atoms with Gasteiger partial charge in [-0.2, -0.15) is 36.3 Å². The Labute approximate surface area is 194 Å². The number of rotatable bonds is 5. The number of hydrogen-bond acceptors (Lipinski definition) is 5. The molecule has 0 aliphatic heterocycles. The first-order chi connectivity index (χ1) is 16.4. The van der Waals surface area contributed by atoms with Gasteiger partial charge in [-0.25, -0.2) is 9.97 Å². The van der Waals surface area contributed by atoms with E-state index in [2.05, 4.69) is 20.4 Å². The number of carbonyl (C=O) groups excluding carboxylic acids is 1. The normalized spacial score (nSPS) is 14.9. The number of nitrogens with zero attached hydrogens (tertiary/aromatic N) is 5. The average Bonchev–Trinajstić information content (AvgIpc) is 3.55. The molecule has 182 valence electrons. The highest BCUT2D eigenvalue weighted by Gasteiger charge is 2.38. The van der Waals surface area contributed by atoms with E-state index in [0.29, 0.717) is 29.3 Å². The van der Waals surface area contributed by atoms with Crippen LogP contribution >= 0.6 is 0 Å². The van der Waals surface area contributed by atoms with Gasteiger partial charge in [0.1, 0.15) is 11.9 Å². The van der Waals surface area contributed by atoms with Crippen molar-refractivity contribution in [3.05, 3.63) is 70.4 Å². The quantitative estimate of drug-likeness (QED) is 0.507. The van der Waals surface area contributed by atoms with Crippen LogP contribution in [0.2, 0.25) is 0 Å². The van der Waals surface area contributed by atoms with Crippen LogP contribution in [-0.4, -0.2) is 25.7 Å². The van der Waals surface area contributed by atoms with Gasteiger partial charge in [-0.3, -0.25) is 4.79 Å². The van der Waals surface area contributed by atoms with Crippen LogP contribution in [0.15, 0.2) is 36.5 Å². The van der Waals surface area contributed by atoms with Crippen molar-refractivity contribution in [1.82, 2.24) is 25.1 Å². The minimum Gasteiger partial charge on any atom is -0.342 e. The molecule has 1 amide bonds. The molecular formula is C22H16F6N6O. The number of amides is 1.